The molecular weight excluding hydrogens is 132 g/mol. The van der Waals surface area contributed by atoms with E-state index in [1.165, 1.54) is 38.5 Å². The van der Waals surface area contributed by atoms with Gasteiger partial charge < -0.3 is 0 Å². The zero-order valence-corrected chi connectivity index (χ0v) is 7.10. The average molecular weight is 148 g/mol. The molecule has 0 aromatic rings. The zero-order valence-electron chi connectivity index (χ0n) is 7.10. The van der Waals surface area contributed by atoms with Crippen LogP contribution >= 0.6 is 0 Å². The van der Waals surface area contributed by atoms with E-state index in [-0.39, 0.29) is 0 Å². The summed E-state index contributed by atoms with van der Waals surface area (Å²) in [6.45, 7) is 0. The molecule has 0 aromatic carbocycles. The fourth-order valence-corrected chi connectivity index (χ4v) is 3.63. The van der Waals surface area contributed by atoms with Gasteiger partial charge in [0.2, 0.25) is 0 Å². The highest BCUT2D eigenvalue weighted by atomic mass is 14.5. The van der Waals surface area contributed by atoms with Crippen molar-refractivity contribution in [2.75, 3.05) is 0 Å². The minimum absolute atomic E-state index is 0.767. The Hall–Kier alpha value is -0.260. The van der Waals surface area contributed by atoms with Crippen molar-refractivity contribution in [3.63, 3.8) is 0 Å². The number of hydrogen-bond acceptors (Lipinski definition) is 0. The molecule has 0 amide bonds. The van der Waals surface area contributed by atoms with Gasteiger partial charge in [0.1, 0.15) is 0 Å². The summed E-state index contributed by atoms with van der Waals surface area (Å²) in [7, 11) is 0. The quantitative estimate of drug-likeness (QED) is 0.462. The molecule has 1 spiro atoms. The lowest BCUT2D eigenvalue weighted by Gasteiger charge is -2.32. The minimum Gasteiger partial charge on any atom is -0.0848 e. The van der Waals surface area contributed by atoms with Crippen molar-refractivity contribution in [1.82, 2.24) is 0 Å². The molecule has 2 atom stereocenters. The van der Waals surface area contributed by atoms with Gasteiger partial charge in [-0.3, -0.25) is 0 Å². The second-order valence-corrected chi connectivity index (χ2v) is 4.71. The second-order valence-electron chi connectivity index (χ2n) is 4.71. The van der Waals surface area contributed by atoms with Crippen LogP contribution in [-0.2, 0) is 0 Å². The highest BCUT2D eigenvalue weighted by Crippen LogP contribution is 2.61. The molecule has 0 aliphatic heterocycles. The number of hydrogen-bond donors (Lipinski definition) is 0. The number of fused-ring (bicyclic) bond motifs is 1. The minimum atomic E-state index is 0.767. The van der Waals surface area contributed by atoms with E-state index in [1.807, 2.05) is 5.57 Å². The molecule has 3 rings (SSSR count). The molecule has 0 nitrogen and oxygen atoms in total. The maximum atomic E-state index is 2.56. The summed E-state index contributed by atoms with van der Waals surface area (Å²) in [5.74, 6) is 1.10. The summed E-state index contributed by atoms with van der Waals surface area (Å²) in [5, 5.41) is 0. The van der Waals surface area contributed by atoms with Crippen molar-refractivity contribution in [3.05, 3.63) is 11.6 Å². The lowest BCUT2D eigenvalue weighted by atomic mass is 9.72. The summed E-state index contributed by atoms with van der Waals surface area (Å²) >= 11 is 0. The Bertz CT molecular complexity index is 214. The molecule has 0 heterocycles. The number of rotatable bonds is 0. The van der Waals surface area contributed by atoms with Crippen LogP contribution in [0.1, 0.15) is 44.9 Å². The predicted octanol–water partition coefficient (Wildman–Crippen LogP) is 3.29. The van der Waals surface area contributed by atoms with E-state index in [0.717, 1.165) is 11.3 Å². The van der Waals surface area contributed by atoms with Crippen LogP contribution in [0, 0.1) is 11.3 Å². The van der Waals surface area contributed by atoms with Crippen molar-refractivity contribution < 1.29 is 0 Å². The zero-order chi connectivity index (χ0) is 7.31. The van der Waals surface area contributed by atoms with Gasteiger partial charge in [-0.05, 0) is 56.3 Å². The average Bonchev–Trinajstić information content (AvgIpc) is 2.57. The number of allylic oxidation sites excluding steroid dienone is 2. The van der Waals surface area contributed by atoms with Crippen LogP contribution in [0.25, 0.3) is 0 Å². The van der Waals surface area contributed by atoms with E-state index in [1.54, 1.807) is 6.42 Å². The molecular formula is C11H16. The Morgan fingerprint density at radius 2 is 2.36 bits per heavy atom. The van der Waals surface area contributed by atoms with E-state index in [0.29, 0.717) is 0 Å². The van der Waals surface area contributed by atoms with Crippen molar-refractivity contribution in [1.29, 1.82) is 0 Å². The lowest BCUT2D eigenvalue weighted by molar-refractivity contribution is 0.325. The smallest absolute Gasteiger partial charge is 0.00850 e. The van der Waals surface area contributed by atoms with Gasteiger partial charge in [-0.2, -0.15) is 0 Å². The van der Waals surface area contributed by atoms with Crippen molar-refractivity contribution in [3.8, 4) is 0 Å². The summed E-state index contributed by atoms with van der Waals surface area (Å²) in [4.78, 5) is 0. The fourth-order valence-electron chi connectivity index (χ4n) is 3.63. The molecule has 11 heavy (non-hydrogen) atoms. The Morgan fingerprint density at radius 1 is 1.36 bits per heavy atom. The van der Waals surface area contributed by atoms with E-state index in [4.69, 9.17) is 0 Å². The van der Waals surface area contributed by atoms with Gasteiger partial charge in [0.25, 0.3) is 0 Å². The van der Waals surface area contributed by atoms with Crippen LogP contribution in [0.4, 0.5) is 0 Å². The van der Waals surface area contributed by atoms with Gasteiger partial charge in [0, 0.05) is 0 Å². The molecule has 2 saturated carbocycles. The van der Waals surface area contributed by atoms with Gasteiger partial charge in [-0.25, -0.2) is 0 Å². The first kappa shape index (κ1) is 6.28. The molecule has 3 aliphatic rings. The molecule has 2 fully saturated rings. The molecule has 2 bridgehead atoms. The third-order valence-corrected chi connectivity index (χ3v) is 4.15. The molecule has 0 heteroatoms. The van der Waals surface area contributed by atoms with E-state index in [2.05, 4.69) is 6.08 Å². The molecule has 60 valence electrons. The van der Waals surface area contributed by atoms with Crippen LogP contribution in [0.15, 0.2) is 11.6 Å². The van der Waals surface area contributed by atoms with Crippen LogP contribution < -0.4 is 0 Å². The Balaban J connectivity index is 2.04. The first-order chi connectivity index (χ1) is 5.39. The molecule has 0 radical (unpaired) electrons. The van der Waals surface area contributed by atoms with Crippen LogP contribution in [0.2, 0.25) is 0 Å². The van der Waals surface area contributed by atoms with Gasteiger partial charge in [0.05, 0.1) is 0 Å². The standard InChI is InChI=1S/C11H16/c1-2-5-11-6-4-9(8-11)7-10(11)3-1/h3,9H,1-2,4-8H2. The van der Waals surface area contributed by atoms with Crippen LogP contribution in [-0.4, -0.2) is 0 Å². The van der Waals surface area contributed by atoms with Gasteiger partial charge in [0.15, 0.2) is 0 Å². The van der Waals surface area contributed by atoms with Crippen molar-refractivity contribution >= 4 is 0 Å². The largest absolute Gasteiger partial charge is 0.0848 e. The molecule has 0 aromatic heterocycles. The SMILES string of the molecule is C1=C2CC3CCC2(CCC1)C3. The first-order valence-corrected chi connectivity index (χ1v) is 5.09. The third-order valence-electron chi connectivity index (χ3n) is 4.15. The highest BCUT2D eigenvalue weighted by molar-refractivity contribution is 5.26. The summed E-state index contributed by atoms with van der Waals surface area (Å²) in [5.41, 5.74) is 2.63. The summed E-state index contributed by atoms with van der Waals surface area (Å²) in [6.07, 6.45) is 13.0. The maximum Gasteiger partial charge on any atom is -0.00850 e. The van der Waals surface area contributed by atoms with Gasteiger partial charge >= 0.3 is 0 Å². The van der Waals surface area contributed by atoms with E-state index in [9.17, 15) is 0 Å². The van der Waals surface area contributed by atoms with Gasteiger partial charge in [-0.15, -0.1) is 0 Å². The Kier molecular flexibility index (Phi) is 1.09. The third kappa shape index (κ3) is 0.706. The molecule has 0 saturated heterocycles. The van der Waals surface area contributed by atoms with Crippen LogP contribution in [0.3, 0.4) is 0 Å². The van der Waals surface area contributed by atoms with Crippen molar-refractivity contribution in [2.45, 2.75) is 44.9 Å². The Labute approximate surface area is 68.7 Å². The molecule has 0 N–H and O–H groups in total. The molecule has 2 unspecified atom stereocenters. The summed E-state index contributed by atoms with van der Waals surface area (Å²) in [6, 6.07) is 0. The maximum absolute atomic E-state index is 2.56. The van der Waals surface area contributed by atoms with Crippen molar-refractivity contribution in [2.24, 2.45) is 11.3 Å². The highest BCUT2D eigenvalue weighted by Gasteiger charge is 2.48. The second kappa shape index (κ2) is 1.91. The topological polar surface area (TPSA) is 0 Å². The summed E-state index contributed by atoms with van der Waals surface area (Å²) < 4.78 is 0. The molecule has 3 aliphatic carbocycles. The van der Waals surface area contributed by atoms with E-state index >= 15 is 0 Å². The Morgan fingerprint density at radius 3 is 3.18 bits per heavy atom. The predicted molar refractivity (Wildman–Crippen MR) is 46.3 cm³/mol. The normalized spacial score (nSPS) is 47.3. The van der Waals surface area contributed by atoms with Gasteiger partial charge in [-0.1, -0.05) is 11.6 Å². The first-order valence-electron chi connectivity index (χ1n) is 5.09. The van der Waals surface area contributed by atoms with Crippen LogP contribution in [0.5, 0.6) is 0 Å². The fraction of sp³-hybridized carbons (Fsp3) is 0.818. The van der Waals surface area contributed by atoms with E-state index < -0.39 is 0 Å². The lowest BCUT2D eigenvalue weighted by Crippen LogP contribution is -2.19. The monoisotopic (exact) mass is 148 g/mol.